The van der Waals surface area contributed by atoms with Gasteiger partial charge in [-0.05, 0) is 24.0 Å². The van der Waals surface area contributed by atoms with Crippen LogP contribution in [0.2, 0.25) is 0 Å². The Hall–Kier alpha value is -1.08. The van der Waals surface area contributed by atoms with Gasteiger partial charge in [0.15, 0.2) is 8.46 Å². The van der Waals surface area contributed by atoms with E-state index in [1.807, 2.05) is 12.1 Å². The van der Waals surface area contributed by atoms with Gasteiger partial charge in [-0.1, -0.05) is 27.7 Å². The minimum absolute atomic E-state index is 0.0274. The molecule has 0 amide bonds. The average molecular weight is 268 g/mol. The standard InChI is InChI=1S/C14H21O3P/c1-10(2)8-16-12-5-6-14(18-15)13(7-12)17-9-11(3)4/h5-7,10-11H,8-9H2,1-4H3. The van der Waals surface area contributed by atoms with Gasteiger partial charge in [0.2, 0.25) is 0 Å². The third kappa shape index (κ3) is 5.05. The van der Waals surface area contributed by atoms with Gasteiger partial charge in [-0.3, -0.25) is 4.57 Å². The second-order valence-corrected chi connectivity index (χ2v) is 5.79. The lowest BCUT2D eigenvalue weighted by molar-refractivity contribution is 0.259. The van der Waals surface area contributed by atoms with Crippen LogP contribution in [0.25, 0.3) is 0 Å². The van der Waals surface area contributed by atoms with E-state index < -0.39 is 0 Å². The van der Waals surface area contributed by atoms with Crippen LogP contribution in [-0.4, -0.2) is 13.2 Å². The fourth-order valence-corrected chi connectivity index (χ4v) is 1.65. The zero-order valence-corrected chi connectivity index (χ0v) is 12.4. The summed E-state index contributed by atoms with van der Waals surface area (Å²) in [7, 11) is -0.0274. The van der Waals surface area contributed by atoms with Crippen LogP contribution < -0.4 is 14.8 Å². The van der Waals surface area contributed by atoms with Crippen molar-refractivity contribution in [3.05, 3.63) is 18.2 Å². The van der Waals surface area contributed by atoms with E-state index in [9.17, 15) is 4.57 Å². The van der Waals surface area contributed by atoms with Crippen molar-refractivity contribution in [2.45, 2.75) is 27.7 Å². The Morgan fingerprint density at radius 1 is 1.06 bits per heavy atom. The Morgan fingerprint density at radius 2 is 1.67 bits per heavy atom. The van der Waals surface area contributed by atoms with Gasteiger partial charge in [-0.15, -0.1) is 0 Å². The molecule has 0 heterocycles. The molecule has 1 aromatic rings. The molecule has 0 unspecified atom stereocenters. The molecule has 18 heavy (non-hydrogen) atoms. The van der Waals surface area contributed by atoms with Crippen LogP contribution in [0, 0.1) is 11.8 Å². The molecule has 0 bridgehead atoms. The van der Waals surface area contributed by atoms with Crippen LogP contribution >= 0.6 is 8.46 Å². The summed E-state index contributed by atoms with van der Waals surface area (Å²) >= 11 is 0. The van der Waals surface area contributed by atoms with Crippen molar-refractivity contribution in [2.24, 2.45) is 11.8 Å². The second kappa shape index (κ2) is 7.38. The zero-order valence-electron chi connectivity index (χ0n) is 11.5. The first-order valence-electron chi connectivity index (χ1n) is 6.26. The Kier molecular flexibility index (Phi) is 6.14. The lowest BCUT2D eigenvalue weighted by Gasteiger charge is -2.13. The number of ether oxygens (including phenoxy) is 2. The Bertz CT molecular complexity index is 389. The van der Waals surface area contributed by atoms with E-state index >= 15 is 0 Å². The summed E-state index contributed by atoms with van der Waals surface area (Å²) in [6.07, 6.45) is 0. The van der Waals surface area contributed by atoms with Crippen molar-refractivity contribution in [3.63, 3.8) is 0 Å². The molecule has 0 aliphatic rings. The molecule has 1 aromatic carbocycles. The Morgan fingerprint density at radius 3 is 2.22 bits per heavy atom. The highest BCUT2D eigenvalue weighted by atomic mass is 31.1. The minimum atomic E-state index is -0.0274. The van der Waals surface area contributed by atoms with Crippen LogP contribution in [0.1, 0.15) is 27.7 Å². The van der Waals surface area contributed by atoms with Crippen LogP contribution in [0.5, 0.6) is 11.5 Å². The van der Waals surface area contributed by atoms with Gasteiger partial charge < -0.3 is 9.47 Å². The number of rotatable bonds is 7. The maximum Gasteiger partial charge on any atom is 0.196 e. The summed E-state index contributed by atoms with van der Waals surface area (Å²) in [6, 6.07) is 5.41. The molecule has 0 aliphatic carbocycles. The molecule has 3 nitrogen and oxygen atoms in total. The van der Waals surface area contributed by atoms with Gasteiger partial charge >= 0.3 is 0 Å². The molecule has 1 rings (SSSR count). The molecule has 0 atom stereocenters. The van der Waals surface area contributed by atoms with Crippen LogP contribution in [0.15, 0.2) is 18.2 Å². The molecule has 0 fully saturated rings. The SMILES string of the molecule is CC(C)COc1ccc(P=O)c(OCC(C)C)c1. The van der Waals surface area contributed by atoms with Crippen LogP contribution in [0.3, 0.4) is 0 Å². The zero-order chi connectivity index (χ0) is 13.5. The van der Waals surface area contributed by atoms with Crippen LogP contribution in [-0.2, 0) is 4.57 Å². The van der Waals surface area contributed by atoms with E-state index in [1.165, 1.54) is 0 Å². The second-order valence-electron chi connectivity index (χ2n) is 5.13. The van der Waals surface area contributed by atoms with Gasteiger partial charge in [0, 0.05) is 6.07 Å². The normalized spacial score (nSPS) is 11.2. The lowest BCUT2D eigenvalue weighted by Crippen LogP contribution is -2.10. The van der Waals surface area contributed by atoms with Crippen molar-refractivity contribution >= 4 is 13.8 Å². The van der Waals surface area contributed by atoms with Crippen LogP contribution in [0.4, 0.5) is 0 Å². The molecule has 0 spiro atoms. The highest BCUT2D eigenvalue weighted by molar-refractivity contribution is 7.34. The molecule has 0 radical (unpaired) electrons. The summed E-state index contributed by atoms with van der Waals surface area (Å²) in [5.41, 5.74) is 0. The fraction of sp³-hybridized carbons (Fsp3) is 0.571. The van der Waals surface area contributed by atoms with Gasteiger partial charge in [0.1, 0.15) is 11.5 Å². The summed E-state index contributed by atoms with van der Waals surface area (Å²) < 4.78 is 22.3. The van der Waals surface area contributed by atoms with Crippen molar-refractivity contribution < 1.29 is 14.0 Å². The number of hydrogen-bond donors (Lipinski definition) is 0. The van der Waals surface area contributed by atoms with Gasteiger partial charge in [0.05, 0.1) is 18.5 Å². The van der Waals surface area contributed by atoms with E-state index in [4.69, 9.17) is 9.47 Å². The van der Waals surface area contributed by atoms with Crippen molar-refractivity contribution in [1.29, 1.82) is 0 Å². The van der Waals surface area contributed by atoms with Crippen molar-refractivity contribution in [1.82, 2.24) is 0 Å². The quantitative estimate of drug-likeness (QED) is 0.708. The molecule has 4 heteroatoms. The summed E-state index contributed by atoms with van der Waals surface area (Å²) in [5, 5.41) is 0.660. The van der Waals surface area contributed by atoms with E-state index in [-0.39, 0.29) is 8.46 Å². The maximum absolute atomic E-state index is 11.0. The van der Waals surface area contributed by atoms with E-state index in [1.54, 1.807) is 6.07 Å². The summed E-state index contributed by atoms with van der Waals surface area (Å²) in [4.78, 5) is 0. The molecule has 0 saturated carbocycles. The first-order chi connectivity index (χ1) is 8.52. The Labute approximate surface area is 111 Å². The molecule has 0 N–H and O–H groups in total. The number of hydrogen-bond acceptors (Lipinski definition) is 3. The summed E-state index contributed by atoms with van der Waals surface area (Å²) in [6.45, 7) is 9.62. The molecule has 0 aromatic heterocycles. The first kappa shape index (κ1) is 15.0. The third-order valence-electron chi connectivity index (χ3n) is 2.19. The smallest absolute Gasteiger partial charge is 0.196 e. The molecule has 0 saturated heterocycles. The Balaban J connectivity index is 2.77. The number of benzene rings is 1. The molecule has 100 valence electrons. The highest BCUT2D eigenvalue weighted by Gasteiger charge is 2.08. The average Bonchev–Trinajstić information content (AvgIpc) is 2.33. The predicted octanol–water partition coefficient (Wildman–Crippen LogP) is 3.67. The first-order valence-corrected chi connectivity index (χ1v) is 7.07. The lowest BCUT2D eigenvalue weighted by atomic mass is 10.2. The highest BCUT2D eigenvalue weighted by Crippen LogP contribution is 2.22. The van der Waals surface area contributed by atoms with Gasteiger partial charge in [0.25, 0.3) is 0 Å². The van der Waals surface area contributed by atoms with Crippen molar-refractivity contribution in [2.75, 3.05) is 13.2 Å². The largest absolute Gasteiger partial charge is 0.493 e. The van der Waals surface area contributed by atoms with E-state index in [0.717, 1.165) is 5.75 Å². The molecular formula is C14H21O3P. The molecular weight excluding hydrogens is 247 g/mol. The van der Waals surface area contributed by atoms with Gasteiger partial charge in [-0.25, -0.2) is 0 Å². The van der Waals surface area contributed by atoms with Crippen molar-refractivity contribution in [3.8, 4) is 11.5 Å². The minimum Gasteiger partial charge on any atom is -0.493 e. The summed E-state index contributed by atoms with van der Waals surface area (Å²) in [5.74, 6) is 2.31. The molecule has 0 aliphatic heterocycles. The van der Waals surface area contributed by atoms with E-state index in [0.29, 0.717) is 36.1 Å². The van der Waals surface area contributed by atoms with Gasteiger partial charge in [-0.2, -0.15) is 0 Å². The third-order valence-corrected chi connectivity index (χ3v) is 2.75. The van der Waals surface area contributed by atoms with E-state index in [2.05, 4.69) is 27.7 Å². The topological polar surface area (TPSA) is 35.5 Å². The maximum atomic E-state index is 11.0. The predicted molar refractivity (Wildman–Crippen MR) is 74.3 cm³/mol. The fourth-order valence-electron chi connectivity index (χ4n) is 1.29. The monoisotopic (exact) mass is 268 g/mol.